The van der Waals surface area contributed by atoms with Crippen molar-refractivity contribution in [2.75, 3.05) is 46.3 Å². The van der Waals surface area contributed by atoms with Crippen molar-refractivity contribution in [2.45, 2.75) is 39.5 Å². The number of likely N-dealkylation sites (N-methyl/N-ethyl adjacent to an activating group) is 1. The normalized spacial score (nSPS) is 11.6. The van der Waals surface area contributed by atoms with Crippen LogP contribution in [0.3, 0.4) is 0 Å². The van der Waals surface area contributed by atoms with E-state index < -0.39 is 0 Å². The van der Waals surface area contributed by atoms with Gasteiger partial charge in [-0.1, -0.05) is 26.7 Å². The summed E-state index contributed by atoms with van der Waals surface area (Å²) in [5.41, 5.74) is 5.54. The molecule has 0 aromatic rings. The second-order valence-electron chi connectivity index (χ2n) is 4.64. The lowest BCUT2D eigenvalue weighted by atomic mass is 10.2. The van der Waals surface area contributed by atoms with Gasteiger partial charge < -0.3 is 15.5 Å². The molecular weight excluding hydrogens is 198 g/mol. The topological polar surface area (TPSA) is 32.5 Å². The van der Waals surface area contributed by atoms with Crippen molar-refractivity contribution in [3.8, 4) is 0 Å². The Kier molecular flexibility index (Phi) is 11.3. The summed E-state index contributed by atoms with van der Waals surface area (Å²) in [5, 5.41) is 0. The van der Waals surface area contributed by atoms with E-state index in [1.807, 2.05) is 0 Å². The van der Waals surface area contributed by atoms with E-state index in [1.54, 1.807) is 0 Å². The van der Waals surface area contributed by atoms with Crippen LogP contribution in [0.2, 0.25) is 0 Å². The molecule has 0 fully saturated rings. The van der Waals surface area contributed by atoms with Gasteiger partial charge in [0.25, 0.3) is 0 Å². The summed E-state index contributed by atoms with van der Waals surface area (Å²) in [6.07, 6.45) is 5.23. The molecule has 0 bridgehead atoms. The second-order valence-corrected chi connectivity index (χ2v) is 4.64. The van der Waals surface area contributed by atoms with Crippen LogP contribution in [0.1, 0.15) is 39.5 Å². The third-order valence-corrected chi connectivity index (χ3v) is 2.96. The molecule has 0 aliphatic carbocycles. The zero-order chi connectivity index (χ0) is 12.2. The smallest absolute Gasteiger partial charge is 0.0109 e. The van der Waals surface area contributed by atoms with E-state index in [-0.39, 0.29) is 0 Å². The first kappa shape index (κ1) is 15.9. The highest BCUT2D eigenvalue weighted by Gasteiger charge is 2.05. The van der Waals surface area contributed by atoms with Crippen LogP contribution in [-0.2, 0) is 0 Å². The lowest BCUT2D eigenvalue weighted by Gasteiger charge is -2.25. The lowest BCUT2D eigenvalue weighted by Crippen LogP contribution is -2.36. The molecule has 0 aromatic heterocycles. The zero-order valence-electron chi connectivity index (χ0n) is 11.5. The first-order valence-corrected chi connectivity index (χ1v) is 6.85. The molecule has 0 spiro atoms. The average Bonchev–Trinajstić information content (AvgIpc) is 2.28. The largest absolute Gasteiger partial charge is 0.329 e. The number of hydrogen-bond acceptors (Lipinski definition) is 3. The Morgan fingerprint density at radius 2 is 1.38 bits per heavy atom. The molecule has 0 aliphatic rings. The minimum atomic E-state index is 0.764. The fraction of sp³-hybridized carbons (Fsp3) is 1.00. The minimum absolute atomic E-state index is 0.764. The third kappa shape index (κ3) is 9.13. The molecule has 0 radical (unpaired) electrons. The van der Waals surface area contributed by atoms with Crippen LogP contribution in [0.15, 0.2) is 0 Å². The van der Waals surface area contributed by atoms with Gasteiger partial charge in [-0.05, 0) is 33.0 Å². The van der Waals surface area contributed by atoms with Gasteiger partial charge >= 0.3 is 0 Å². The number of hydrogen-bond donors (Lipinski definition) is 1. The first-order chi connectivity index (χ1) is 7.74. The zero-order valence-corrected chi connectivity index (χ0v) is 11.5. The molecule has 0 atom stereocenters. The van der Waals surface area contributed by atoms with Gasteiger partial charge in [0.1, 0.15) is 0 Å². The van der Waals surface area contributed by atoms with Crippen molar-refractivity contribution >= 4 is 0 Å². The van der Waals surface area contributed by atoms with Crippen LogP contribution in [0, 0.1) is 0 Å². The van der Waals surface area contributed by atoms with E-state index in [1.165, 1.54) is 45.3 Å². The van der Waals surface area contributed by atoms with E-state index in [0.29, 0.717) is 0 Å². The predicted octanol–water partition coefficient (Wildman–Crippen LogP) is 1.78. The number of nitrogens with zero attached hydrogens (tertiary/aromatic N) is 2. The molecule has 3 heteroatoms. The summed E-state index contributed by atoms with van der Waals surface area (Å²) in [6, 6.07) is 0. The molecule has 2 N–H and O–H groups in total. The minimum Gasteiger partial charge on any atom is -0.329 e. The average molecular weight is 229 g/mol. The van der Waals surface area contributed by atoms with Crippen molar-refractivity contribution < 1.29 is 0 Å². The Bertz CT molecular complexity index is 131. The van der Waals surface area contributed by atoms with Crippen molar-refractivity contribution in [1.82, 2.24) is 9.80 Å². The van der Waals surface area contributed by atoms with Gasteiger partial charge in [0.2, 0.25) is 0 Å². The van der Waals surface area contributed by atoms with Crippen LogP contribution in [0.4, 0.5) is 0 Å². The van der Waals surface area contributed by atoms with Gasteiger partial charge in [0.15, 0.2) is 0 Å². The van der Waals surface area contributed by atoms with Gasteiger partial charge in [-0.15, -0.1) is 0 Å². The molecule has 16 heavy (non-hydrogen) atoms. The standard InChI is InChI=1S/C13H31N3/c1-4-6-9-16(10-7-5-2)13-12-15(3)11-8-14/h4-14H2,1-3H3. The Balaban J connectivity index is 3.71. The van der Waals surface area contributed by atoms with Gasteiger partial charge in [-0.2, -0.15) is 0 Å². The van der Waals surface area contributed by atoms with Gasteiger partial charge in [-0.3, -0.25) is 0 Å². The summed E-state index contributed by atoms with van der Waals surface area (Å²) in [6.45, 7) is 11.1. The van der Waals surface area contributed by atoms with E-state index in [9.17, 15) is 0 Å². The van der Waals surface area contributed by atoms with Crippen LogP contribution in [0.25, 0.3) is 0 Å². The Morgan fingerprint density at radius 1 is 0.812 bits per heavy atom. The maximum Gasteiger partial charge on any atom is 0.0109 e. The maximum atomic E-state index is 5.54. The van der Waals surface area contributed by atoms with Crippen LogP contribution < -0.4 is 5.73 Å². The highest BCUT2D eigenvalue weighted by Crippen LogP contribution is 1.99. The SMILES string of the molecule is CCCCN(CCCC)CCN(C)CCN. The maximum absolute atomic E-state index is 5.54. The summed E-state index contributed by atoms with van der Waals surface area (Å²) in [4.78, 5) is 4.92. The van der Waals surface area contributed by atoms with Gasteiger partial charge in [0.05, 0.1) is 0 Å². The molecule has 98 valence electrons. The first-order valence-electron chi connectivity index (χ1n) is 6.85. The Hall–Kier alpha value is -0.120. The fourth-order valence-electron chi connectivity index (χ4n) is 1.74. The van der Waals surface area contributed by atoms with Crippen LogP contribution >= 0.6 is 0 Å². The molecule has 0 unspecified atom stereocenters. The molecular formula is C13H31N3. The summed E-state index contributed by atoms with van der Waals surface area (Å²) < 4.78 is 0. The highest BCUT2D eigenvalue weighted by atomic mass is 15.2. The molecule has 0 amide bonds. The lowest BCUT2D eigenvalue weighted by molar-refractivity contribution is 0.222. The van der Waals surface area contributed by atoms with Crippen LogP contribution in [0.5, 0.6) is 0 Å². The summed E-state index contributed by atoms with van der Waals surface area (Å²) >= 11 is 0. The van der Waals surface area contributed by atoms with Gasteiger partial charge in [0, 0.05) is 26.2 Å². The van der Waals surface area contributed by atoms with Crippen molar-refractivity contribution in [2.24, 2.45) is 5.73 Å². The molecule has 0 saturated heterocycles. The number of rotatable bonds is 11. The molecule has 0 aliphatic heterocycles. The molecule has 0 aromatic carbocycles. The molecule has 0 heterocycles. The van der Waals surface area contributed by atoms with E-state index in [0.717, 1.165) is 19.6 Å². The number of unbranched alkanes of at least 4 members (excludes halogenated alkanes) is 2. The Morgan fingerprint density at radius 3 is 1.81 bits per heavy atom. The van der Waals surface area contributed by atoms with E-state index >= 15 is 0 Å². The summed E-state index contributed by atoms with van der Waals surface area (Å²) in [7, 11) is 2.16. The summed E-state index contributed by atoms with van der Waals surface area (Å²) in [5.74, 6) is 0. The van der Waals surface area contributed by atoms with E-state index in [2.05, 4.69) is 30.7 Å². The third-order valence-electron chi connectivity index (χ3n) is 2.96. The fourth-order valence-corrected chi connectivity index (χ4v) is 1.74. The molecule has 0 rings (SSSR count). The molecule has 0 saturated carbocycles. The van der Waals surface area contributed by atoms with E-state index in [4.69, 9.17) is 5.73 Å². The van der Waals surface area contributed by atoms with Crippen molar-refractivity contribution in [3.05, 3.63) is 0 Å². The monoisotopic (exact) mass is 229 g/mol. The number of nitrogens with two attached hydrogens (primary N) is 1. The highest BCUT2D eigenvalue weighted by molar-refractivity contribution is 4.61. The molecule has 3 nitrogen and oxygen atoms in total. The Labute approximate surface area is 102 Å². The van der Waals surface area contributed by atoms with Crippen molar-refractivity contribution in [3.63, 3.8) is 0 Å². The quantitative estimate of drug-likeness (QED) is 0.586. The predicted molar refractivity (Wildman–Crippen MR) is 72.8 cm³/mol. The van der Waals surface area contributed by atoms with Crippen molar-refractivity contribution in [1.29, 1.82) is 0 Å². The van der Waals surface area contributed by atoms with Gasteiger partial charge in [-0.25, -0.2) is 0 Å². The van der Waals surface area contributed by atoms with Crippen LogP contribution in [-0.4, -0.2) is 56.1 Å². The second kappa shape index (κ2) is 11.4.